The molecule has 50 valence electrons. The van der Waals surface area contributed by atoms with Gasteiger partial charge in [0.1, 0.15) is 0 Å². The number of benzene rings is 1. The Bertz CT molecular complexity index is 355. The number of nitrogens with zero attached hydrogens (tertiary/aromatic N) is 1. The van der Waals surface area contributed by atoms with Gasteiger partial charge >= 0.3 is 63.4 Å². The number of hydrogen-bond acceptors (Lipinski definition) is 2. The van der Waals surface area contributed by atoms with Crippen LogP contribution in [0.2, 0.25) is 0 Å². The van der Waals surface area contributed by atoms with Crippen LogP contribution in [0, 0.1) is 0 Å². The van der Waals surface area contributed by atoms with E-state index in [1.165, 1.54) is 4.26 Å². The average Bonchev–Trinajstić information content (AvgIpc) is 2.33. The van der Waals surface area contributed by atoms with Gasteiger partial charge in [-0.3, -0.25) is 0 Å². The van der Waals surface area contributed by atoms with Crippen molar-refractivity contribution in [3.63, 3.8) is 0 Å². The molecule has 2 rings (SSSR count). The van der Waals surface area contributed by atoms with E-state index in [0.717, 1.165) is 5.52 Å². The average molecular weight is 198 g/mol. The van der Waals surface area contributed by atoms with E-state index in [0.29, 0.717) is 20.3 Å². The summed E-state index contributed by atoms with van der Waals surface area (Å²) in [5.74, 6) is 0.339. The van der Waals surface area contributed by atoms with Crippen molar-refractivity contribution >= 4 is 24.3 Å². The molecule has 0 spiro atoms. The molecule has 0 amide bonds. The number of fused-ring (bicyclic) bond motifs is 1. The van der Waals surface area contributed by atoms with Crippen LogP contribution in [0.1, 0.15) is 0 Å². The number of hydrogen-bond donors (Lipinski definition) is 1. The molecule has 3 heteroatoms. The third-order valence-corrected chi connectivity index (χ3v) is 2.98. The van der Waals surface area contributed by atoms with Crippen LogP contribution in [0.25, 0.3) is 9.78 Å². The summed E-state index contributed by atoms with van der Waals surface area (Å²) in [6.07, 6.45) is 0. The summed E-state index contributed by atoms with van der Waals surface area (Å²) in [6.45, 7) is 0. The fraction of sp³-hybridized carbons (Fsp3) is 0. The molecule has 0 aliphatic heterocycles. The number of phenols is 1. The van der Waals surface area contributed by atoms with Crippen molar-refractivity contribution in [3.05, 3.63) is 23.3 Å². The third kappa shape index (κ3) is 0.838. The van der Waals surface area contributed by atoms with Gasteiger partial charge in [-0.1, -0.05) is 0 Å². The van der Waals surface area contributed by atoms with Gasteiger partial charge in [0.25, 0.3) is 0 Å². The van der Waals surface area contributed by atoms with Gasteiger partial charge in [0.15, 0.2) is 0 Å². The van der Waals surface area contributed by atoms with Crippen LogP contribution in [-0.2, 0) is 0 Å². The molecule has 2 aromatic rings. The van der Waals surface area contributed by atoms with Crippen molar-refractivity contribution in [2.24, 2.45) is 0 Å². The second-order valence-electron chi connectivity index (χ2n) is 2.00. The van der Waals surface area contributed by atoms with E-state index >= 15 is 0 Å². The van der Waals surface area contributed by atoms with Gasteiger partial charge in [-0.05, 0) is 0 Å². The molecular weight excluding hydrogens is 193 g/mol. The van der Waals surface area contributed by atoms with Gasteiger partial charge in [0.05, 0.1) is 0 Å². The molecule has 10 heavy (non-hydrogen) atoms. The molecule has 0 aliphatic carbocycles. The number of aromatic hydroxyl groups is 1. The molecule has 2 nitrogen and oxygen atoms in total. The van der Waals surface area contributed by atoms with Gasteiger partial charge in [-0.25, -0.2) is 0 Å². The Morgan fingerprint density at radius 1 is 1.40 bits per heavy atom. The number of rotatable bonds is 0. The van der Waals surface area contributed by atoms with Crippen LogP contribution >= 0.6 is 0 Å². The number of phenolic OH excluding ortho intramolecular Hbond substituents is 1. The first-order valence-corrected chi connectivity index (χ1v) is 4.73. The zero-order valence-electron chi connectivity index (χ0n) is 5.11. The van der Waals surface area contributed by atoms with Crippen molar-refractivity contribution in [2.45, 2.75) is 0 Å². The molecule has 0 saturated carbocycles. The van der Waals surface area contributed by atoms with Crippen LogP contribution < -0.4 is 0 Å². The molecule has 0 unspecified atom stereocenters. The Hall–Kier alpha value is -0.791. The predicted octanol–water partition coefficient (Wildman–Crippen LogP) is 0.997. The van der Waals surface area contributed by atoms with E-state index in [4.69, 9.17) is 5.11 Å². The summed E-state index contributed by atoms with van der Waals surface area (Å²) in [7, 11) is 0. The Balaban J connectivity index is 2.86. The monoisotopic (exact) mass is 199 g/mol. The Morgan fingerprint density at radius 2 is 2.30 bits per heavy atom. The molecule has 0 bridgehead atoms. The standard InChI is InChI=1S/C7H5NOSe/c9-5-1-2-6-7(3-5)10-4-8-6/h1-4,9H. The zero-order chi connectivity index (χ0) is 6.97. The SMILES string of the molecule is Oc1ccc2nc[se]c2c1. The fourth-order valence-corrected chi connectivity index (χ4v) is 2.33. The van der Waals surface area contributed by atoms with Gasteiger partial charge in [-0.2, -0.15) is 0 Å². The maximum atomic E-state index is 9.05. The van der Waals surface area contributed by atoms with Crippen LogP contribution in [-0.4, -0.2) is 24.6 Å². The number of aromatic nitrogens is 1. The van der Waals surface area contributed by atoms with Gasteiger partial charge < -0.3 is 0 Å². The van der Waals surface area contributed by atoms with E-state index < -0.39 is 0 Å². The van der Waals surface area contributed by atoms with Gasteiger partial charge in [0.2, 0.25) is 0 Å². The van der Waals surface area contributed by atoms with Crippen molar-refractivity contribution in [1.82, 2.24) is 4.98 Å². The molecule has 0 saturated heterocycles. The zero-order valence-corrected chi connectivity index (χ0v) is 6.83. The van der Waals surface area contributed by atoms with Crippen molar-refractivity contribution in [1.29, 1.82) is 0 Å². The van der Waals surface area contributed by atoms with E-state index in [9.17, 15) is 0 Å². The minimum atomic E-state index is 0.339. The summed E-state index contributed by atoms with van der Waals surface area (Å²) in [4.78, 5) is 4.13. The predicted molar refractivity (Wildman–Crippen MR) is 40.3 cm³/mol. The Morgan fingerprint density at radius 3 is 3.20 bits per heavy atom. The molecule has 0 aliphatic rings. The molecule has 0 radical (unpaired) electrons. The van der Waals surface area contributed by atoms with Crippen LogP contribution in [0.3, 0.4) is 0 Å². The van der Waals surface area contributed by atoms with E-state index in [2.05, 4.69) is 4.98 Å². The molecule has 0 fully saturated rings. The molecule has 1 aromatic carbocycles. The van der Waals surface area contributed by atoms with Crippen LogP contribution in [0.4, 0.5) is 0 Å². The van der Waals surface area contributed by atoms with E-state index in [1.54, 1.807) is 12.1 Å². The molecular formula is C7H5NOSe. The molecule has 1 heterocycles. The first-order chi connectivity index (χ1) is 4.86. The third-order valence-electron chi connectivity index (χ3n) is 1.31. The maximum absolute atomic E-state index is 9.05. The summed E-state index contributed by atoms with van der Waals surface area (Å²) in [6, 6.07) is 5.29. The van der Waals surface area contributed by atoms with Crippen molar-refractivity contribution in [3.8, 4) is 5.75 Å². The first kappa shape index (κ1) is 5.95. The molecule has 1 aromatic heterocycles. The first-order valence-electron chi connectivity index (χ1n) is 2.88. The quantitative estimate of drug-likeness (QED) is 0.640. The van der Waals surface area contributed by atoms with Crippen molar-refractivity contribution < 1.29 is 5.11 Å². The second kappa shape index (κ2) is 2.11. The summed E-state index contributed by atoms with van der Waals surface area (Å²) >= 11 is 0.341. The summed E-state index contributed by atoms with van der Waals surface area (Å²) in [5.41, 5.74) is 1.01. The van der Waals surface area contributed by atoms with Crippen molar-refractivity contribution in [2.75, 3.05) is 0 Å². The fourth-order valence-electron chi connectivity index (χ4n) is 0.844. The Labute approximate surface area is 63.9 Å². The van der Waals surface area contributed by atoms with E-state index in [-0.39, 0.29) is 0 Å². The second-order valence-corrected chi connectivity index (χ2v) is 3.86. The summed E-state index contributed by atoms with van der Waals surface area (Å²) < 4.78 is 1.17. The van der Waals surface area contributed by atoms with Crippen LogP contribution in [0.15, 0.2) is 23.3 Å². The van der Waals surface area contributed by atoms with Crippen LogP contribution in [0.5, 0.6) is 5.75 Å². The van der Waals surface area contributed by atoms with E-state index in [1.807, 2.05) is 11.1 Å². The topological polar surface area (TPSA) is 33.1 Å². The minimum absolute atomic E-state index is 0.339. The van der Waals surface area contributed by atoms with Gasteiger partial charge in [0, 0.05) is 0 Å². The normalized spacial score (nSPS) is 10.4. The summed E-state index contributed by atoms with van der Waals surface area (Å²) in [5, 5.41) is 11.0. The molecule has 1 N–H and O–H groups in total. The van der Waals surface area contributed by atoms with Gasteiger partial charge in [-0.15, -0.1) is 0 Å². The molecule has 0 atom stereocenters. The Kier molecular flexibility index (Phi) is 1.26.